The van der Waals surface area contributed by atoms with Crippen LogP contribution in [0.15, 0.2) is 23.0 Å². The molecule has 2 aromatic rings. The number of fused-ring (bicyclic) bond motifs is 1. The number of methoxy groups -OCH3 is 1. The van der Waals surface area contributed by atoms with E-state index in [0.717, 1.165) is 15.6 Å². The molecule has 0 aliphatic heterocycles. The second kappa shape index (κ2) is 4.18. The number of pyridine rings is 1. The van der Waals surface area contributed by atoms with Gasteiger partial charge in [0.1, 0.15) is 5.56 Å². The zero-order chi connectivity index (χ0) is 13.4. The lowest BCUT2D eigenvalue weighted by Crippen LogP contribution is -2.34. The van der Waals surface area contributed by atoms with E-state index in [9.17, 15) is 9.59 Å². The minimum absolute atomic E-state index is 0.0238. The van der Waals surface area contributed by atoms with Gasteiger partial charge in [0.15, 0.2) is 0 Å². The standard InChI is InChI=1S/C13H14N2O3/c1-7-4-5-9-8(2)15(14)12(16)11(10(9)6-7)13(17)18-3/h4-6H,14H2,1-3H3. The van der Waals surface area contributed by atoms with Crippen LogP contribution in [-0.4, -0.2) is 17.8 Å². The summed E-state index contributed by atoms with van der Waals surface area (Å²) < 4.78 is 5.63. The van der Waals surface area contributed by atoms with Gasteiger partial charge in [0.05, 0.1) is 7.11 Å². The van der Waals surface area contributed by atoms with Crippen LogP contribution in [0.25, 0.3) is 10.8 Å². The largest absolute Gasteiger partial charge is 0.465 e. The Bertz CT molecular complexity index is 701. The highest BCUT2D eigenvalue weighted by molar-refractivity contribution is 6.04. The van der Waals surface area contributed by atoms with Gasteiger partial charge < -0.3 is 10.6 Å². The summed E-state index contributed by atoms with van der Waals surface area (Å²) in [6.45, 7) is 3.63. The summed E-state index contributed by atoms with van der Waals surface area (Å²) in [5, 5.41) is 1.34. The van der Waals surface area contributed by atoms with Gasteiger partial charge in [-0.15, -0.1) is 0 Å². The van der Waals surface area contributed by atoms with Crippen molar-refractivity contribution in [3.8, 4) is 0 Å². The smallest absolute Gasteiger partial charge is 0.344 e. The fourth-order valence-corrected chi connectivity index (χ4v) is 2.00. The van der Waals surface area contributed by atoms with Crippen molar-refractivity contribution in [3.05, 3.63) is 45.4 Å². The number of nitrogen functional groups attached to an aromatic ring is 1. The van der Waals surface area contributed by atoms with Gasteiger partial charge in [-0.3, -0.25) is 4.79 Å². The van der Waals surface area contributed by atoms with Gasteiger partial charge >= 0.3 is 5.97 Å². The van der Waals surface area contributed by atoms with Gasteiger partial charge in [-0.05, 0) is 13.8 Å². The van der Waals surface area contributed by atoms with E-state index in [2.05, 4.69) is 4.74 Å². The molecule has 0 radical (unpaired) electrons. The molecular weight excluding hydrogens is 232 g/mol. The molecule has 1 heterocycles. The monoisotopic (exact) mass is 246 g/mol. The first kappa shape index (κ1) is 12.2. The highest BCUT2D eigenvalue weighted by atomic mass is 16.5. The molecule has 0 amide bonds. The lowest BCUT2D eigenvalue weighted by molar-refractivity contribution is 0.0600. The number of nitrogens with two attached hydrogens (primary N) is 1. The number of carbonyl (C=O) groups excluding carboxylic acids is 1. The molecular formula is C13H14N2O3. The fraction of sp³-hybridized carbons (Fsp3) is 0.231. The third-order valence-electron chi connectivity index (χ3n) is 3.02. The Morgan fingerprint density at radius 3 is 2.56 bits per heavy atom. The Kier molecular flexibility index (Phi) is 2.82. The molecule has 18 heavy (non-hydrogen) atoms. The molecule has 1 aromatic carbocycles. The molecule has 0 spiro atoms. The molecule has 0 bridgehead atoms. The van der Waals surface area contributed by atoms with Crippen LogP contribution in [0.2, 0.25) is 0 Å². The van der Waals surface area contributed by atoms with Crippen LogP contribution >= 0.6 is 0 Å². The number of hydrogen-bond acceptors (Lipinski definition) is 4. The molecule has 2 N–H and O–H groups in total. The fourth-order valence-electron chi connectivity index (χ4n) is 2.00. The lowest BCUT2D eigenvalue weighted by atomic mass is 10.0. The molecule has 0 unspecified atom stereocenters. The average molecular weight is 246 g/mol. The Morgan fingerprint density at radius 2 is 1.94 bits per heavy atom. The first-order valence-corrected chi connectivity index (χ1v) is 5.46. The van der Waals surface area contributed by atoms with Crippen LogP contribution in [0.3, 0.4) is 0 Å². The Balaban J connectivity index is 3.03. The van der Waals surface area contributed by atoms with E-state index in [1.54, 1.807) is 13.0 Å². The van der Waals surface area contributed by atoms with E-state index >= 15 is 0 Å². The zero-order valence-electron chi connectivity index (χ0n) is 10.5. The number of aromatic nitrogens is 1. The SMILES string of the molecule is COC(=O)c1c(=O)n(N)c(C)c2ccc(C)cc12. The highest BCUT2D eigenvalue weighted by Gasteiger charge is 2.19. The Morgan fingerprint density at radius 1 is 1.28 bits per heavy atom. The third kappa shape index (κ3) is 1.64. The summed E-state index contributed by atoms with van der Waals surface area (Å²) in [6, 6.07) is 5.53. The number of hydrogen-bond donors (Lipinski definition) is 1. The number of rotatable bonds is 1. The minimum atomic E-state index is -0.671. The lowest BCUT2D eigenvalue weighted by Gasteiger charge is -2.11. The summed E-state index contributed by atoms with van der Waals surface area (Å²) in [5.74, 6) is 5.00. The van der Waals surface area contributed by atoms with E-state index in [-0.39, 0.29) is 5.56 Å². The van der Waals surface area contributed by atoms with Crippen LogP contribution in [-0.2, 0) is 4.74 Å². The maximum absolute atomic E-state index is 12.1. The topological polar surface area (TPSA) is 74.3 Å². The van der Waals surface area contributed by atoms with Gasteiger partial charge in [-0.1, -0.05) is 23.8 Å². The predicted octanol–water partition coefficient (Wildman–Crippen LogP) is 1.12. The van der Waals surface area contributed by atoms with Crippen molar-refractivity contribution in [3.63, 3.8) is 0 Å². The summed E-state index contributed by atoms with van der Waals surface area (Å²) >= 11 is 0. The molecule has 0 atom stereocenters. The molecule has 1 aromatic heterocycles. The highest BCUT2D eigenvalue weighted by Crippen LogP contribution is 2.21. The van der Waals surface area contributed by atoms with E-state index in [1.807, 2.05) is 19.1 Å². The summed E-state index contributed by atoms with van der Waals surface area (Å²) in [4.78, 5) is 23.8. The van der Waals surface area contributed by atoms with Crippen LogP contribution in [0.5, 0.6) is 0 Å². The van der Waals surface area contributed by atoms with Crippen LogP contribution in [0.1, 0.15) is 21.6 Å². The van der Waals surface area contributed by atoms with E-state index < -0.39 is 11.5 Å². The van der Waals surface area contributed by atoms with Crippen molar-refractivity contribution in [2.45, 2.75) is 13.8 Å². The van der Waals surface area contributed by atoms with Gasteiger partial charge in [-0.2, -0.15) is 0 Å². The quantitative estimate of drug-likeness (QED) is 0.604. The zero-order valence-corrected chi connectivity index (χ0v) is 10.5. The minimum Gasteiger partial charge on any atom is -0.465 e. The Hall–Kier alpha value is -2.30. The van der Waals surface area contributed by atoms with Crippen molar-refractivity contribution in [1.29, 1.82) is 0 Å². The second-order valence-corrected chi connectivity index (χ2v) is 4.18. The normalized spacial score (nSPS) is 10.6. The van der Waals surface area contributed by atoms with E-state index in [0.29, 0.717) is 11.1 Å². The number of benzene rings is 1. The van der Waals surface area contributed by atoms with Crippen molar-refractivity contribution >= 4 is 16.7 Å². The van der Waals surface area contributed by atoms with Gasteiger partial charge in [0, 0.05) is 16.5 Å². The van der Waals surface area contributed by atoms with Crippen LogP contribution < -0.4 is 11.4 Å². The molecule has 5 heteroatoms. The molecule has 5 nitrogen and oxygen atoms in total. The maximum atomic E-state index is 12.1. The van der Waals surface area contributed by atoms with Gasteiger partial charge in [-0.25, -0.2) is 9.47 Å². The summed E-state index contributed by atoms with van der Waals surface area (Å²) in [5.41, 5.74) is 1.01. The molecule has 0 fully saturated rings. The van der Waals surface area contributed by atoms with Crippen molar-refractivity contribution in [2.24, 2.45) is 0 Å². The van der Waals surface area contributed by atoms with Crippen molar-refractivity contribution in [1.82, 2.24) is 4.68 Å². The number of carbonyl (C=O) groups is 1. The molecule has 0 aliphatic carbocycles. The van der Waals surface area contributed by atoms with Gasteiger partial charge in [0.2, 0.25) is 0 Å². The first-order valence-electron chi connectivity index (χ1n) is 5.46. The van der Waals surface area contributed by atoms with Gasteiger partial charge in [0.25, 0.3) is 5.56 Å². The van der Waals surface area contributed by atoms with Crippen molar-refractivity contribution in [2.75, 3.05) is 13.0 Å². The molecule has 0 saturated heterocycles. The summed E-state index contributed by atoms with van der Waals surface area (Å²) in [7, 11) is 1.24. The second-order valence-electron chi connectivity index (χ2n) is 4.18. The van der Waals surface area contributed by atoms with Crippen LogP contribution in [0.4, 0.5) is 0 Å². The van der Waals surface area contributed by atoms with E-state index in [4.69, 9.17) is 5.84 Å². The Labute approximate surface area is 104 Å². The number of nitrogens with zero attached hydrogens (tertiary/aromatic N) is 1. The number of esters is 1. The molecule has 0 saturated carbocycles. The number of aryl methyl sites for hydroxylation is 2. The third-order valence-corrected chi connectivity index (χ3v) is 3.02. The summed E-state index contributed by atoms with van der Waals surface area (Å²) in [6.07, 6.45) is 0. The van der Waals surface area contributed by atoms with Crippen LogP contribution in [0, 0.1) is 13.8 Å². The number of ether oxygens (including phenoxy) is 1. The molecule has 0 aliphatic rings. The maximum Gasteiger partial charge on any atom is 0.344 e. The van der Waals surface area contributed by atoms with E-state index in [1.165, 1.54) is 7.11 Å². The molecule has 2 rings (SSSR count). The average Bonchev–Trinajstić information content (AvgIpc) is 2.35. The molecule has 94 valence electrons. The van der Waals surface area contributed by atoms with Crippen molar-refractivity contribution < 1.29 is 9.53 Å². The first-order chi connectivity index (χ1) is 8.47. The predicted molar refractivity (Wildman–Crippen MR) is 69.2 cm³/mol.